The van der Waals surface area contributed by atoms with Gasteiger partial charge in [0.1, 0.15) is 0 Å². The zero-order valence-electron chi connectivity index (χ0n) is 12.9. The summed E-state index contributed by atoms with van der Waals surface area (Å²) in [7, 11) is 1.49. The lowest BCUT2D eigenvalue weighted by Crippen LogP contribution is -2.39. The molecule has 0 spiro atoms. The fourth-order valence-electron chi connectivity index (χ4n) is 1.82. The average molecular weight is 332 g/mol. The van der Waals surface area contributed by atoms with Crippen LogP contribution in [0.5, 0.6) is 0 Å². The summed E-state index contributed by atoms with van der Waals surface area (Å²) in [6.45, 7) is 1.45. The van der Waals surface area contributed by atoms with Crippen LogP contribution in [0.4, 0.5) is 13.2 Å². The topological polar surface area (TPSA) is 69.6 Å². The van der Waals surface area contributed by atoms with Gasteiger partial charge in [0.25, 0.3) is 5.91 Å². The van der Waals surface area contributed by atoms with Gasteiger partial charge in [0.2, 0.25) is 5.91 Å². The number of nitrogens with one attached hydrogen (secondary N) is 1. The van der Waals surface area contributed by atoms with Gasteiger partial charge in [-0.05, 0) is 25.5 Å². The Morgan fingerprint density at radius 3 is 2.48 bits per heavy atom. The van der Waals surface area contributed by atoms with Gasteiger partial charge in [-0.1, -0.05) is 12.1 Å². The van der Waals surface area contributed by atoms with Gasteiger partial charge in [-0.15, -0.1) is 0 Å². The predicted molar refractivity (Wildman–Crippen MR) is 77.7 cm³/mol. The largest absolute Gasteiger partial charge is 0.417 e. The summed E-state index contributed by atoms with van der Waals surface area (Å²) in [5.41, 5.74) is -1.58. The smallest absolute Gasteiger partial charge is 0.393 e. The van der Waals surface area contributed by atoms with E-state index in [0.717, 1.165) is 12.1 Å². The van der Waals surface area contributed by atoms with Crippen LogP contribution < -0.4 is 5.32 Å². The third-order valence-corrected chi connectivity index (χ3v) is 3.19. The highest BCUT2D eigenvalue weighted by molar-refractivity contribution is 5.97. The summed E-state index contributed by atoms with van der Waals surface area (Å²) in [4.78, 5) is 25.0. The maximum atomic E-state index is 12.8. The van der Waals surface area contributed by atoms with Gasteiger partial charge >= 0.3 is 6.18 Å². The molecule has 1 aromatic rings. The van der Waals surface area contributed by atoms with E-state index in [9.17, 15) is 22.8 Å². The summed E-state index contributed by atoms with van der Waals surface area (Å²) in [6.07, 6.45) is -4.85. The highest BCUT2D eigenvalue weighted by Crippen LogP contribution is 2.31. The van der Waals surface area contributed by atoms with E-state index in [1.165, 1.54) is 24.1 Å². The molecule has 8 heteroatoms. The Balaban J connectivity index is 2.66. The molecule has 23 heavy (non-hydrogen) atoms. The second-order valence-corrected chi connectivity index (χ2v) is 5.18. The van der Waals surface area contributed by atoms with Gasteiger partial charge in [-0.2, -0.15) is 13.2 Å². The number of nitrogens with zero attached hydrogens (tertiary/aromatic N) is 1. The van der Waals surface area contributed by atoms with Crippen molar-refractivity contribution >= 4 is 11.8 Å². The number of amides is 2. The van der Waals surface area contributed by atoms with E-state index in [1.807, 2.05) is 0 Å². The normalized spacial score (nSPS) is 12.6. The van der Waals surface area contributed by atoms with Crippen LogP contribution in [0, 0.1) is 0 Å². The first-order chi connectivity index (χ1) is 10.6. The molecule has 1 atom stereocenters. The number of benzene rings is 1. The minimum Gasteiger partial charge on any atom is -0.393 e. The van der Waals surface area contributed by atoms with Crippen LogP contribution >= 0.6 is 0 Å². The van der Waals surface area contributed by atoms with E-state index < -0.39 is 41.8 Å². The number of halogens is 3. The lowest BCUT2D eigenvalue weighted by atomic mass is 10.1. The van der Waals surface area contributed by atoms with Crippen LogP contribution in [0.3, 0.4) is 0 Å². The molecule has 0 aromatic heterocycles. The first kappa shape index (κ1) is 19.0. The molecule has 1 unspecified atom stereocenters. The van der Waals surface area contributed by atoms with Crippen LogP contribution in [0.15, 0.2) is 24.3 Å². The minimum atomic E-state index is -4.65. The van der Waals surface area contributed by atoms with Gasteiger partial charge in [0.05, 0.1) is 23.8 Å². The number of carbonyl (C=O) groups excluding carboxylic acids is 2. The van der Waals surface area contributed by atoms with Crippen molar-refractivity contribution in [3.8, 4) is 0 Å². The average Bonchev–Trinajstić information content (AvgIpc) is 2.48. The summed E-state index contributed by atoms with van der Waals surface area (Å²) in [5.74, 6) is -1.42. The summed E-state index contributed by atoms with van der Waals surface area (Å²) >= 11 is 0. The molecule has 0 saturated heterocycles. The maximum absolute atomic E-state index is 12.8. The molecule has 0 heterocycles. The number of hydrogen-bond donors (Lipinski definition) is 2. The van der Waals surface area contributed by atoms with Crippen molar-refractivity contribution in [2.24, 2.45) is 0 Å². The predicted octanol–water partition coefficient (Wildman–Crippen LogP) is 1.66. The van der Waals surface area contributed by atoms with Crippen molar-refractivity contribution in [3.05, 3.63) is 35.4 Å². The van der Waals surface area contributed by atoms with E-state index in [1.54, 1.807) is 6.92 Å². The second kappa shape index (κ2) is 7.96. The van der Waals surface area contributed by atoms with Crippen LogP contribution in [0.1, 0.15) is 29.3 Å². The van der Waals surface area contributed by atoms with Gasteiger partial charge < -0.3 is 15.3 Å². The van der Waals surface area contributed by atoms with Crippen LogP contribution in [-0.4, -0.2) is 48.1 Å². The van der Waals surface area contributed by atoms with Crippen LogP contribution in [-0.2, 0) is 11.0 Å². The lowest BCUT2D eigenvalue weighted by molar-refractivity contribution is -0.137. The molecule has 0 aliphatic carbocycles. The van der Waals surface area contributed by atoms with Crippen LogP contribution in [0.2, 0.25) is 0 Å². The number of aliphatic hydroxyl groups is 1. The van der Waals surface area contributed by atoms with Gasteiger partial charge in [0.15, 0.2) is 0 Å². The molecule has 0 bridgehead atoms. The highest BCUT2D eigenvalue weighted by atomic mass is 19.4. The molecule has 0 saturated carbocycles. The molecular weight excluding hydrogens is 313 g/mol. The number of carbonyl (C=O) groups is 2. The maximum Gasteiger partial charge on any atom is 0.417 e. The van der Waals surface area contributed by atoms with E-state index in [4.69, 9.17) is 5.11 Å². The fraction of sp³-hybridized carbons (Fsp3) is 0.467. The van der Waals surface area contributed by atoms with Crippen LogP contribution in [0.25, 0.3) is 0 Å². The molecule has 5 nitrogen and oxygen atoms in total. The fourth-order valence-corrected chi connectivity index (χ4v) is 1.82. The molecule has 2 N–H and O–H groups in total. The number of rotatable bonds is 6. The molecule has 128 valence electrons. The van der Waals surface area contributed by atoms with Crippen molar-refractivity contribution in [1.29, 1.82) is 0 Å². The SMILES string of the molecule is CC(O)CCN(C)C(=O)CNC(=O)c1ccccc1C(F)(F)F. The van der Waals surface area contributed by atoms with Gasteiger partial charge in [-0.3, -0.25) is 9.59 Å². The molecule has 0 fully saturated rings. The van der Waals surface area contributed by atoms with E-state index in [-0.39, 0.29) is 6.54 Å². The third kappa shape index (κ3) is 5.90. The Labute approximate surface area is 132 Å². The molecule has 0 aliphatic rings. The molecule has 1 aromatic carbocycles. The monoisotopic (exact) mass is 332 g/mol. The zero-order chi connectivity index (χ0) is 17.6. The Kier molecular flexibility index (Phi) is 6.56. The van der Waals surface area contributed by atoms with Crippen molar-refractivity contribution < 1.29 is 27.9 Å². The van der Waals surface area contributed by atoms with Crippen molar-refractivity contribution in [2.75, 3.05) is 20.1 Å². The summed E-state index contributed by atoms with van der Waals surface area (Å²) in [5, 5.41) is 11.3. The van der Waals surface area contributed by atoms with Crippen molar-refractivity contribution in [3.63, 3.8) is 0 Å². The first-order valence-electron chi connectivity index (χ1n) is 6.99. The van der Waals surface area contributed by atoms with Gasteiger partial charge in [0, 0.05) is 13.6 Å². The molecule has 0 radical (unpaired) electrons. The van der Waals surface area contributed by atoms with E-state index >= 15 is 0 Å². The Morgan fingerprint density at radius 1 is 1.30 bits per heavy atom. The zero-order valence-corrected chi connectivity index (χ0v) is 12.9. The third-order valence-electron chi connectivity index (χ3n) is 3.19. The molecular formula is C15H19F3N2O3. The van der Waals surface area contributed by atoms with Crippen molar-refractivity contribution in [2.45, 2.75) is 25.6 Å². The molecule has 2 amide bonds. The minimum absolute atomic E-state index is 0.283. The number of likely N-dealkylation sites (N-methyl/N-ethyl adjacent to an activating group) is 1. The highest BCUT2D eigenvalue weighted by Gasteiger charge is 2.34. The second-order valence-electron chi connectivity index (χ2n) is 5.18. The quantitative estimate of drug-likeness (QED) is 0.832. The summed E-state index contributed by atoms with van der Waals surface area (Å²) in [6, 6.07) is 4.38. The summed E-state index contributed by atoms with van der Waals surface area (Å²) < 4.78 is 38.5. The Morgan fingerprint density at radius 2 is 1.91 bits per heavy atom. The number of aliphatic hydroxyl groups excluding tert-OH is 1. The molecule has 0 aliphatic heterocycles. The Bertz CT molecular complexity index is 559. The first-order valence-corrected chi connectivity index (χ1v) is 6.99. The number of hydrogen-bond acceptors (Lipinski definition) is 3. The van der Waals surface area contributed by atoms with E-state index in [0.29, 0.717) is 6.42 Å². The van der Waals surface area contributed by atoms with E-state index in [2.05, 4.69) is 5.32 Å². The lowest BCUT2D eigenvalue weighted by Gasteiger charge is -2.18. The van der Waals surface area contributed by atoms with Crippen molar-refractivity contribution in [1.82, 2.24) is 10.2 Å². The molecule has 1 rings (SSSR count). The van der Waals surface area contributed by atoms with Gasteiger partial charge in [-0.25, -0.2) is 0 Å². The standard InChI is InChI=1S/C15H19F3N2O3/c1-10(21)7-8-20(2)13(22)9-19-14(23)11-5-3-4-6-12(11)15(16,17)18/h3-6,10,21H,7-9H2,1-2H3,(H,19,23). The Hall–Kier alpha value is -2.09. The number of alkyl halides is 3.